The summed E-state index contributed by atoms with van der Waals surface area (Å²) in [6, 6.07) is 0. The summed E-state index contributed by atoms with van der Waals surface area (Å²) in [6.45, 7) is 14.5. The summed E-state index contributed by atoms with van der Waals surface area (Å²) in [5.41, 5.74) is 0. The summed E-state index contributed by atoms with van der Waals surface area (Å²) < 4.78 is 5.28. The molecule has 0 atom stereocenters. The quantitative estimate of drug-likeness (QED) is 0.522. The van der Waals surface area contributed by atoms with Crippen molar-refractivity contribution in [2.24, 2.45) is 0 Å². The van der Waals surface area contributed by atoms with Crippen molar-refractivity contribution >= 4 is 0 Å². The van der Waals surface area contributed by atoms with E-state index in [4.69, 9.17) is 9.84 Å². The molecule has 0 aromatic rings. The summed E-state index contributed by atoms with van der Waals surface area (Å²) in [7, 11) is 0. The van der Waals surface area contributed by atoms with Crippen LogP contribution < -0.4 is 0 Å². The molecule has 0 radical (unpaired) electrons. The van der Waals surface area contributed by atoms with E-state index >= 15 is 0 Å². The standard InChI is InChI=1S/C13H30N2O2/c1-4-14(5-2)8-7-9-15(6-3)10-12-17-13-11-16/h16H,4-13H2,1-3H3. The lowest BCUT2D eigenvalue weighted by Gasteiger charge is -2.23. The number of nitrogens with zero attached hydrogens (tertiary/aromatic N) is 2. The Kier molecular flexibility index (Phi) is 12.2. The van der Waals surface area contributed by atoms with Crippen LogP contribution in [0.25, 0.3) is 0 Å². The lowest BCUT2D eigenvalue weighted by Crippen LogP contribution is -2.32. The Morgan fingerprint density at radius 1 is 0.824 bits per heavy atom. The smallest absolute Gasteiger partial charge is 0.0698 e. The van der Waals surface area contributed by atoms with Gasteiger partial charge in [0.2, 0.25) is 0 Å². The van der Waals surface area contributed by atoms with Gasteiger partial charge in [-0.2, -0.15) is 0 Å². The van der Waals surface area contributed by atoms with E-state index < -0.39 is 0 Å². The van der Waals surface area contributed by atoms with Crippen LogP contribution in [-0.4, -0.2) is 74.0 Å². The van der Waals surface area contributed by atoms with Crippen LogP contribution in [0, 0.1) is 0 Å². The molecular formula is C13H30N2O2. The van der Waals surface area contributed by atoms with Crippen molar-refractivity contribution in [1.82, 2.24) is 9.80 Å². The van der Waals surface area contributed by atoms with E-state index in [1.54, 1.807) is 0 Å². The first-order chi connectivity index (χ1) is 8.28. The summed E-state index contributed by atoms with van der Waals surface area (Å²) in [6.07, 6.45) is 1.22. The van der Waals surface area contributed by atoms with Crippen molar-refractivity contribution in [2.45, 2.75) is 27.2 Å². The maximum absolute atomic E-state index is 8.60. The lowest BCUT2D eigenvalue weighted by molar-refractivity contribution is 0.0738. The van der Waals surface area contributed by atoms with E-state index in [1.165, 1.54) is 13.0 Å². The second kappa shape index (κ2) is 12.3. The van der Waals surface area contributed by atoms with Gasteiger partial charge in [-0.15, -0.1) is 0 Å². The summed E-state index contributed by atoms with van der Waals surface area (Å²) in [4.78, 5) is 4.86. The van der Waals surface area contributed by atoms with Crippen LogP contribution in [-0.2, 0) is 4.74 Å². The monoisotopic (exact) mass is 246 g/mol. The van der Waals surface area contributed by atoms with Gasteiger partial charge < -0.3 is 19.6 Å². The van der Waals surface area contributed by atoms with E-state index in [1.807, 2.05) is 0 Å². The molecule has 0 aliphatic carbocycles. The van der Waals surface area contributed by atoms with Crippen molar-refractivity contribution in [3.05, 3.63) is 0 Å². The number of hydrogen-bond donors (Lipinski definition) is 1. The Hall–Kier alpha value is -0.160. The SMILES string of the molecule is CCN(CC)CCCN(CC)CCOCCO. The fraction of sp³-hybridized carbons (Fsp3) is 1.00. The molecule has 17 heavy (non-hydrogen) atoms. The number of likely N-dealkylation sites (N-methyl/N-ethyl adjacent to an activating group) is 1. The molecule has 0 rings (SSSR count). The maximum atomic E-state index is 8.60. The zero-order valence-corrected chi connectivity index (χ0v) is 11.8. The largest absolute Gasteiger partial charge is 0.394 e. The molecule has 0 saturated heterocycles. The highest BCUT2D eigenvalue weighted by Gasteiger charge is 2.04. The molecule has 0 fully saturated rings. The second-order valence-corrected chi connectivity index (χ2v) is 4.15. The molecule has 0 unspecified atom stereocenters. The van der Waals surface area contributed by atoms with Crippen LogP contribution in [0.3, 0.4) is 0 Å². The molecule has 104 valence electrons. The third-order valence-corrected chi connectivity index (χ3v) is 3.08. The fourth-order valence-electron chi connectivity index (χ4n) is 1.85. The van der Waals surface area contributed by atoms with Crippen LogP contribution in [0.15, 0.2) is 0 Å². The maximum Gasteiger partial charge on any atom is 0.0698 e. The summed E-state index contributed by atoms with van der Waals surface area (Å²) >= 11 is 0. The first-order valence-corrected chi connectivity index (χ1v) is 6.91. The number of hydrogen-bond acceptors (Lipinski definition) is 4. The van der Waals surface area contributed by atoms with Gasteiger partial charge in [0, 0.05) is 6.54 Å². The molecule has 4 heteroatoms. The lowest BCUT2D eigenvalue weighted by atomic mass is 10.3. The van der Waals surface area contributed by atoms with Crippen molar-refractivity contribution in [3.63, 3.8) is 0 Å². The molecule has 0 aliphatic heterocycles. The number of aliphatic hydroxyl groups excluding tert-OH is 1. The predicted molar refractivity (Wildman–Crippen MR) is 72.4 cm³/mol. The fourth-order valence-corrected chi connectivity index (χ4v) is 1.85. The molecule has 0 amide bonds. The highest BCUT2D eigenvalue weighted by molar-refractivity contribution is 4.59. The third-order valence-electron chi connectivity index (χ3n) is 3.08. The molecule has 4 nitrogen and oxygen atoms in total. The molecule has 0 aromatic carbocycles. The van der Waals surface area contributed by atoms with Gasteiger partial charge in [-0.1, -0.05) is 20.8 Å². The van der Waals surface area contributed by atoms with Crippen molar-refractivity contribution < 1.29 is 9.84 Å². The van der Waals surface area contributed by atoms with Gasteiger partial charge in [-0.05, 0) is 39.1 Å². The molecule has 0 aromatic heterocycles. The average molecular weight is 246 g/mol. The Bertz CT molecular complexity index is 152. The van der Waals surface area contributed by atoms with E-state index in [9.17, 15) is 0 Å². The van der Waals surface area contributed by atoms with Crippen molar-refractivity contribution in [3.8, 4) is 0 Å². The van der Waals surface area contributed by atoms with E-state index in [0.717, 1.165) is 39.3 Å². The minimum Gasteiger partial charge on any atom is -0.394 e. The van der Waals surface area contributed by atoms with Crippen LogP contribution in [0.4, 0.5) is 0 Å². The van der Waals surface area contributed by atoms with Crippen LogP contribution >= 0.6 is 0 Å². The Labute approximate surface area is 107 Å². The van der Waals surface area contributed by atoms with Gasteiger partial charge in [0.05, 0.1) is 19.8 Å². The van der Waals surface area contributed by atoms with E-state index in [-0.39, 0.29) is 6.61 Å². The molecule has 0 bridgehead atoms. The zero-order chi connectivity index (χ0) is 12.9. The molecule has 0 saturated carbocycles. The topological polar surface area (TPSA) is 35.9 Å². The van der Waals surface area contributed by atoms with Gasteiger partial charge in [-0.3, -0.25) is 0 Å². The third kappa shape index (κ3) is 9.53. The van der Waals surface area contributed by atoms with Crippen molar-refractivity contribution in [2.75, 3.05) is 59.1 Å². The zero-order valence-electron chi connectivity index (χ0n) is 11.8. The molecular weight excluding hydrogens is 216 g/mol. The molecule has 0 spiro atoms. The Morgan fingerprint density at radius 2 is 1.41 bits per heavy atom. The number of aliphatic hydroxyl groups is 1. The minimum absolute atomic E-state index is 0.119. The molecule has 0 aliphatic rings. The molecule has 0 heterocycles. The molecule has 1 N–H and O–H groups in total. The first kappa shape index (κ1) is 16.8. The van der Waals surface area contributed by atoms with Crippen LogP contribution in [0.1, 0.15) is 27.2 Å². The highest BCUT2D eigenvalue weighted by atomic mass is 16.5. The van der Waals surface area contributed by atoms with Crippen LogP contribution in [0.2, 0.25) is 0 Å². The van der Waals surface area contributed by atoms with Gasteiger partial charge in [0.1, 0.15) is 0 Å². The summed E-state index contributed by atoms with van der Waals surface area (Å²) in [5, 5.41) is 8.60. The van der Waals surface area contributed by atoms with Crippen LogP contribution in [0.5, 0.6) is 0 Å². The van der Waals surface area contributed by atoms with E-state index in [2.05, 4.69) is 30.6 Å². The van der Waals surface area contributed by atoms with Gasteiger partial charge in [-0.25, -0.2) is 0 Å². The predicted octanol–water partition coefficient (Wildman–Crippen LogP) is 1.05. The summed E-state index contributed by atoms with van der Waals surface area (Å²) in [5.74, 6) is 0. The second-order valence-electron chi connectivity index (χ2n) is 4.15. The first-order valence-electron chi connectivity index (χ1n) is 6.91. The highest BCUT2D eigenvalue weighted by Crippen LogP contribution is 1.95. The van der Waals surface area contributed by atoms with E-state index in [0.29, 0.717) is 6.61 Å². The van der Waals surface area contributed by atoms with Gasteiger partial charge in [0.15, 0.2) is 0 Å². The minimum atomic E-state index is 0.119. The number of rotatable bonds is 12. The Balaban J connectivity index is 3.53. The van der Waals surface area contributed by atoms with Gasteiger partial charge in [0.25, 0.3) is 0 Å². The number of ether oxygens (including phenoxy) is 1. The Morgan fingerprint density at radius 3 is 1.94 bits per heavy atom. The van der Waals surface area contributed by atoms with Crippen molar-refractivity contribution in [1.29, 1.82) is 0 Å². The average Bonchev–Trinajstić information content (AvgIpc) is 2.37. The normalized spacial score (nSPS) is 11.6. The van der Waals surface area contributed by atoms with Gasteiger partial charge >= 0.3 is 0 Å².